The van der Waals surface area contributed by atoms with Gasteiger partial charge in [0.05, 0.1) is 0 Å². The van der Waals surface area contributed by atoms with E-state index in [9.17, 15) is 0 Å². The Kier molecular flexibility index (Phi) is 9.63. The molecular formula is C16H28ClN3. The Morgan fingerprint density at radius 1 is 1.15 bits per heavy atom. The second-order valence-electron chi connectivity index (χ2n) is 5.39. The molecule has 0 saturated heterocycles. The number of halogens is 1. The Hall–Kier alpha value is -0.640. The summed E-state index contributed by atoms with van der Waals surface area (Å²) in [5.74, 6) is 5.64. The highest BCUT2D eigenvalue weighted by molar-refractivity contribution is 6.29. The third-order valence-corrected chi connectivity index (χ3v) is 3.91. The van der Waals surface area contributed by atoms with E-state index in [4.69, 9.17) is 17.4 Å². The number of hydrogen-bond donors (Lipinski definition) is 2. The number of rotatable bonds is 11. The molecule has 1 aromatic heterocycles. The molecule has 3 nitrogen and oxygen atoms in total. The fourth-order valence-electron chi connectivity index (χ4n) is 2.46. The largest absolute Gasteiger partial charge is 0.271 e. The molecule has 3 N–H and O–H groups in total. The van der Waals surface area contributed by atoms with Gasteiger partial charge in [-0.15, -0.1) is 0 Å². The maximum Gasteiger partial charge on any atom is 0.129 e. The molecule has 1 aromatic rings. The highest BCUT2D eigenvalue weighted by atomic mass is 35.5. The summed E-state index contributed by atoms with van der Waals surface area (Å²) in [7, 11) is 0. The van der Waals surface area contributed by atoms with E-state index in [1.54, 1.807) is 6.20 Å². The van der Waals surface area contributed by atoms with Crippen molar-refractivity contribution < 1.29 is 0 Å². The summed E-state index contributed by atoms with van der Waals surface area (Å²) in [5, 5.41) is 0.527. The summed E-state index contributed by atoms with van der Waals surface area (Å²) in [5.41, 5.74) is 4.00. The molecule has 0 aliphatic rings. The molecule has 0 fully saturated rings. The Morgan fingerprint density at radius 2 is 1.80 bits per heavy atom. The lowest BCUT2D eigenvalue weighted by Crippen LogP contribution is -2.28. The first-order valence-corrected chi connectivity index (χ1v) is 8.23. The number of unbranched alkanes of at least 4 members (excludes halogenated alkanes) is 7. The van der Waals surface area contributed by atoms with Crippen molar-refractivity contribution in [3.63, 3.8) is 0 Å². The number of pyridine rings is 1. The molecule has 0 spiro atoms. The van der Waals surface area contributed by atoms with Crippen molar-refractivity contribution in [2.75, 3.05) is 0 Å². The molecule has 20 heavy (non-hydrogen) atoms. The first-order chi connectivity index (χ1) is 9.77. The second-order valence-corrected chi connectivity index (χ2v) is 5.78. The van der Waals surface area contributed by atoms with E-state index in [0.717, 1.165) is 12.0 Å². The smallest absolute Gasteiger partial charge is 0.129 e. The van der Waals surface area contributed by atoms with E-state index in [0.29, 0.717) is 5.15 Å². The molecular weight excluding hydrogens is 270 g/mol. The Bertz CT molecular complexity index is 357. The van der Waals surface area contributed by atoms with Gasteiger partial charge in [-0.3, -0.25) is 11.3 Å². The zero-order chi connectivity index (χ0) is 14.6. The Balaban J connectivity index is 2.16. The zero-order valence-electron chi connectivity index (χ0n) is 12.6. The summed E-state index contributed by atoms with van der Waals surface area (Å²) in [6.07, 6.45) is 13.4. The van der Waals surface area contributed by atoms with E-state index in [-0.39, 0.29) is 6.04 Å². The lowest BCUT2D eigenvalue weighted by molar-refractivity contribution is 0.474. The van der Waals surface area contributed by atoms with Crippen LogP contribution in [-0.2, 0) is 0 Å². The molecule has 4 heteroatoms. The first-order valence-electron chi connectivity index (χ1n) is 7.85. The van der Waals surface area contributed by atoms with Crippen LogP contribution >= 0.6 is 11.6 Å². The summed E-state index contributed by atoms with van der Waals surface area (Å²) >= 11 is 5.91. The van der Waals surface area contributed by atoms with Crippen LogP contribution in [0.3, 0.4) is 0 Å². The van der Waals surface area contributed by atoms with E-state index in [1.807, 2.05) is 12.1 Å². The molecule has 0 aliphatic heterocycles. The van der Waals surface area contributed by atoms with Crippen LogP contribution in [0, 0.1) is 0 Å². The predicted molar refractivity (Wildman–Crippen MR) is 86.5 cm³/mol. The summed E-state index contributed by atoms with van der Waals surface area (Å²) in [6, 6.07) is 4.04. The molecule has 1 heterocycles. The normalized spacial score (nSPS) is 12.6. The van der Waals surface area contributed by atoms with Crippen molar-refractivity contribution in [2.24, 2.45) is 5.84 Å². The fraction of sp³-hybridized carbons (Fsp3) is 0.688. The van der Waals surface area contributed by atoms with Crippen molar-refractivity contribution in [3.05, 3.63) is 29.0 Å². The zero-order valence-corrected chi connectivity index (χ0v) is 13.3. The fourth-order valence-corrected chi connectivity index (χ4v) is 2.65. The molecule has 0 radical (unpaired) electrons. The average molecular weight is 298 g/mol. The topological polar surface area (TPSA) is 50.9 Å². The summed E-state index contributed by atoms with van der Waals surface area (Å²) in [6.45, 7) is 2.26. The van der Waals surface area contributed by atoms with Crippen molar-refractivity contribution in [1.82, 2.24) is 10.4 Å². The van der Waals surface area contributed by atoms with Gasteiger partial charge in [0.15, 0.2) is 0 Å². The first kappa shape index (κ1) is 17.4. The molecule has 0 aliphatic carbocycles. The van der Waals surface area contributed by atoms with Gasteiger partial charge in [-0.05, 0) is 24.1 Å². The van der Waals surface area contributed by atoms with Gasteiger partial charge in [-0.1, -0.05) is 69.9 Å². The van der Waals surface area contributed by atoms with Crippen LogP contribution < -0.4 is 11.3 Å². The van der Waals surface area contributed by atoms with Crippen LogP contribution in [0.2, 0.25) is 5.15 Å². The van der Waals surface area contributed by atoms with Crippen LogP contribution in [0.5, 0.6) is 0 Å². The molecule has 1 unspecified atom stereocenters. The summed E-state index contributed by atoms with van der Waals surface area (Å²) in [4.78, 5) is 4.00. The van der Waals surface area contributed by atoms with Crippen LogP contribution in [0.1, 0.15) is 76.3 Å². The van der Waals surface area contributed by atoms with E-state index in [1.165, 1.54) is 51.4 Å². The maximum atomic E-state index is 5.91. The van der Waals surface area contributed by atoms with E-state index < -0.39 is 0 Å². The van der Waals surface area contributed by atoms with Crippen LogP contribution in [0.25, 0.3) is 0 Å². The average Bonchev–Trinajstić information content (AvgIpc) is 2.46. The van der Waals surface area contributed by atoms with Gasteiger partial charge in [-0.25, -0.2) is 4.98 Å². The highest BCUT2D eigenvalue weighted by Gasteiger charge is 2.09. The predicted octanol–water partition coefficient (Wildman–Crippen LogP) is 4.77. The van der Waals surface area contributed by atoms with Crippen molar-refractivity contribution in [2.45, 2.75) is 70.8 Å². The minimum Gasteiger partial charge on any atom is -0.271 e. The van der Waals surface area contributed by atoms with E-state index >= 15 is 0 Å². The summed E-state index contributed by atoms with van der Waals surface area (Å²) < 4.78 is 0. The number of nitrogens with two attached hydrogens (primary N) is 1. The van der Waals surface area contributed by atoms with Crippen molar-refractivity contribution >= 4 is 11.6 Å². The molecule has 114 valence electrons. The number of nitrogens with zero attached hydrogens (tertiary/aromatic N) is 1. The molecule has 0 aromatic carbocycles. The second kappa shape index (κ2) is 11.1. The third-order valence-electron chi connectivity index (χ3n) is 3.70. The van der Waals surface area contributed by atoms with Gasteiger partial charge in [0.25, 0.3) is 0 Å². The Labute approximate surface area is 128 Å². The van der Waals surface area contributed by atoms with Crippen LogP contribution in [0.15, 0.2) is 18.3 Å². The molecule has 1 atom stereocenters. The van der Waals surface area contributed by atoms with Gasteiger partial charge >= 0.3 is 0 Å². The van der Waals surface area contributed by atoms with Gasteiger partial charge in [0.1, 0.15) is 5.15 Å². The SMILES string of the molecule is CCCCCCCCCCC(NN)c1ccnc(Cl)c1. The number of aromatic nitrogens is 1. The maximum absolute atomic E-state index is 5.91. The van der Waals surface area contributed by atoms with Crippen molar-refractivity contribution in [1.29, 1.82) is 0 Å². The molecule has 0 saturated carbocycles. The third kappa shape index (κ3) is 7.22. The monoisotopic (exact) mass is 297 g/mol. The number of nitrogens with one attached hydrogen (secondary N) is 1. The lowest BCUT2D eigenvalue weighted by atomic mass is 10.0. The van der Waals surface area contributed by atoms with Gasteiger partial charge < -0.3 is 0 Å². The lowest BCUT2D eigenvalue weighted by Gasteiger charge is -2.16. The van der Waals surface area contributed by atoms with Crippen LogP contribution in [0.4, 0.5) is 0 Å². The molecule has 0 bridgehead atoms. The van der Waals surface area contributed by atoms with Crippen LogP contribution in [-0.4, -0.2) is 4.98 Å². The van der Waals surface area contributed by atoms with E-state index in [2.05, 4.69) is 17.3 Å². The number of hydrazine groups is 1. The Morgan fingerprint density at radius 3 is 2.40 bits per heavy atom. The minimum absolute atomic E-state index is 0.176. The van der Waals surface area contributed by atoms with Crippen molar-refractivity contribution in [3.8, 4) is 0 Å². The number of hydrogen-bond acceptors (Lipinski definition) is 3. The highest BCUT2D eigenvalue weighted by Crippen LogP contribution is 2.21. The van der Waals surface area contributed by atoms with Gasteiger partial charge in [0, 0.05) is 12.2 Å². The van der Waals surface area contributed by atoms with Gasteiger partial charge in [-0.2, -0.15) is 0 Å². The van der Waals surface area contributed by atoms with Gasteiger partial charge in [0.2, 0.25) is 0 Å². The standard InChI is InChI=1S/C16H28ClN3/c1-2-3-4-5-6-7-8-9-10-15(20-18)14-11-12-19-16(17)13-14/h11-13,15,20H,2-10,18H2,1H3. The quantitative estimate of drug-likeness (QED) is 0.268. The minimum atomic E-state index is 0.176. The molecule has 1 rings (SSSR count). The molecule has 0 amide bonds.